The standard InChI is InChI=1S/C24H19ClN4O3S/c25-18-10-15(5-7-20(18)32-12-16-3-1-2-8-26-16)29-23-22-17-6-4-14(19(31)11-30)9-21(17)33-24(22)28-13-27-23/h1-10,13,19,30-31H,11-12H2,(H,27,28,29)/t19-/m0/s1. The minimum atomic E-state index is -0.913. The lowest BCUT2D eigenvalue weighted by Crippen LogP contribution is -2.01. The second-order valence-corrected chi connectivity index (χ2v) is 8.78. The molecule has 166 valence electrons. The number of benzene rings is 2. The number of ether oxygens (including phenoxy) is 1. The van der Waals surface area contributed by atoms with Gasteiger partial charge in [0, 0.05) is 22.0 Å². The van der Waals surface area contributed by atoms with Gasteiger partial charge >= 0.3 is 0 Å². The molecule has 1 atom stereocenters. The molecule has 0 aliphatic carbocycles. The van der Waals surface area contributed by atoms with Crippen LogP contribution in [0.15, 0.2) is 67.1 Å². The average molecular weight is 479 g/mol. The number of halogens is 1. The molecule has 0 aliphatic heterocycles. The zero-order valence-electron chi connectivity index (χ0n) is 17.3. The Labute approximate surface area is 198 Å². The summed E-state index contributed by atoms with van der Waals surface area (Å²) in [5.41, 5.74) is 2.24. The van der Waals surface area contributed by atoms with Crippen molar-refractivity contribution in [1.29, 1.82) is 0 Å². The molecule has 0 fully saturated rings. The number of nitrogens with zero attached hydrogens (tertiary/aromatic N) is 3. The van der Waals surface area contributed by atoms with Crippen LogP contribution in [0.25, 0.3) is 20.3 Å². The maximum Gasteiger partial charge on any atom is 0.143 e. The van der Waals surface area contributed by atoms with Crippen LogP contribution in [0.3, 0.4) is 0 Å². The van der Waals surface area contributed by atoms with Crippen LogP contribution in [0.1, 0.15) is 17.4 Å². The van der Waals surface area contributed by atoms with Gasteiger partial charge in [-0.3, -0.25) is 4.98 Å². The van der Waals surface area contributed by atoms with Gasteiger partial charge in [-0.2, -0.15) is 0 Å². The van der Waals surface area contributed by atoms with Gasteiger partial charge in [-0.1, -0.05) is 29.8 Å². The Kier molecular flexibility index (Phi) is 6.06. The molecule has 3 heterocycles. The van der Waals surface area contributed by atoms with Crippen molar-refractivity contribution in [2.75, 3.05) is 11.9 Å². The fourth-order valence-corrected chi connectivity index (χ4v) is 4.83. The SMILES string of the molecule is OC[C@H](O)c1ccc2c(c1)sc1ncnc(Nc3ccc(OCc4ccccn4)c(Cl)c3)c12. The number of fused-ring (bicyclic) bond motifs is 3. The van der Waals surface area contributed by atoms with E-state index in [0.717, 1.165) is 31.7 Å². The summed E-state index contributed by atoms with van der Waals surface area (Å²) >= 11 is 7.96. The summed E-state index contributed by atoms with van der Waals surface area (Å²) < 4.78 is 6.75. The molecule has 0 saturated heterocycles. The predicted molar refractivity (Wildman–Crippen MR) is 130 cm³/mol. The van der Waals surface area contributed by atoms with Gasteiger partial charge in [0.05, 0.1) is 22.7 Å². The molecular formula is C24H19ClN4O3S. The highest BCUT2D eigenvalue weighted by atomic mass is 35.5. The van der Waals surface area contributed by atoms with Crippen LogP contribution in [0.5, 0.6) is 5.75 Å². The molecule has 3 N–H and O–H groups in total. The van der Waals surface area contributed by atoms with Crippen LogP contribution < -0.4 is 10.1 Å². The average Bonchev–Trinajstić information content (AvgIpc) is 3.22. The zero-order chi connectivity index (χ0) is 22.8. The molecule has 0 saturated carbocycles. The van der Waals surface area contributed by atoms with E-state index >= 15 is 0 Å². The zero-order valence-corrected chi connectivity index (χ0v) is 18.8. The molecule has 0 radical (unpaired) electrons. The van der Waals surface area contributed by atoms with Crippen molar-refractivity contribution < 1.29 is 14.9 Å². The topological polar surface area (TPSA) is 100 Å². The fraction of sp³-hybridized carbons (Fsp3) is 0.125. The van der Waals surface area contributed by atoms with Gasteiger partial charge in [0.1, 0.15) is 35.4 Å². The van der Waals surface area contributed by atoms with E-state index < -0.39 is 6.10 Å². The number of rotatable bonds is 7. The maximum atomic E-state index is 9.95. The van der Waals surface area contributed by atoms with E-state index in [1.807, 2.05) is 36.4 Å². The van der Waals surface area contributed by atoms with Crippen molar-refractivity contribution in [3.05, 3.63) is 83.4 Å². The van der Waals surface area contributed by atoms with Crippen molar-refractivity contribution in [1.82, 2.24) is 15.0 Å². The molecule has 3 aromatic heterocycles. The number of thiophene rings is 1. The van der Waals surface area contributed by atoms with Crippen molar-refractivity contribution in [3.63, 3.8) is 0 Å². The number of pyridine rings is 1. The molecule has 0 spiro atoms. The van der Waals surface area contributed by atoms with Gasteiger partial charge in [-0.05, 0) is 42.0 Å². The Hall–Kier alpha value is -3.30. The second-order valence-electron chi connectivity index (χ2n) is 7.34. The highest BCUT2D eigenvalue weighted by Gasteiger charge is 2.15. The van der Waals surface area contributed by atoms with Crippen molar-refractivity contribution in [3.8, 4) is 5.75 Å². The minimum absolute atomic E-state index is 0.327. The van der Waals surface area contributed by atoms with Gasteiger partial charge < -0.3 is 20.3 Å². The molecule has 33 heavy (non-hydrogen) atoms. The highest BCUT2D eigenvalue weighted by Crippen LogP contribution is 2.38. The first-order valence-corrected chi connectivity index (χ1v) is 11.4. The first-order valence-electron chi connectivity index (χ1n) is 10.2. The van der Waals surface area contributed by atoms with Crippen molar-refractivity contribution in [2.24, 2.45) is 0 Å². The molecule has 0 amide bonds. The molecule has 5 aromatic rings. The van der Waals surface area contributed by atoms with E-state index in [-0.39, 0.29) is 6.61 Å². The molecule has 2 aromatic carbocycles. The number of aromatic nitrogens is 3. The van der Waals surface area contributed by atoms with Crippen LogP contribution in [-0.2, 0) is 6.61 Å². The third kappa shape index (κ3) is 4.46. The summed E-state index contributed by atoms with van der Waals surface area (Å²) in [6.07, 6.45) is 2.32. The summed E-state index contributed by atoms with van der Waals surface area (Å²) in [5.74, 6) is 1.22. The Morgan fingerprint density at radius 1 is 1.06 bits per heavy atom. The number of nitrogens with one attached hydrogen (secondary N) is 1. The number of hydrogen-bond donors (Lipinski definition) is 3. The smallest absolute Gasteiger partial charge is 0.143 e. The van der Waals surface area contributed by atoms with Crippen LogP contribution in [-0.4, -0.2) is 31.8 Å². The molecule has 0 bridgehead atoms. The van der Waals surface area contributed by atoms with E-state index in [4.69, 9.17) is 16.3 Å². The van der Waals surface area contributed by atoms with E-state index in [1.54, 1.807) is 24.4 Å². The number of aliphatic hydroxyl groups is 2. The summed E-state index contributed by atoms with van der Waals surface area (Å²) in [6.45, 7) is -0.000923. The quantitative estimate of drug-likeness (QED) is 0.294. The second kappa shape index (κ2) is 9.29. The number of aliphatic hydroxyl groups excluding tert-OH is 2. The maximum absolute atomic E-state index is 9.95. The fourth-order valence-electron chi connectivity index (χ4n) is 3.50. The first-order chi connectivity index (χ1) is 16.1. The summed E-state index contributed by atoms with van der Waals surface area (Å²) in [6, 6.07) is 16.7. The number of hydrogen-bond acceptors (Lipinski definition) is 8. The predicted octanol–water partition coefficient (Wildman–Crippen LogP) is 5.24. The lowest BCUT2D eigenvalue weighted by Gasteiger charge is -2.11. The van der Waals surface area contributed by atoms with Crippen LogP contribution in [0.4, 0.5) is 11.5 Å². The first kappa shape index (κ1) is 21.5. The Bertz CT molecular complexity index is 1430. The Balaban J connectivity index is 1.42. The normalized spacial score (nSPS) is 12.2. The largest absolute Gasteiger partial charge is 0.486 e. The van der Waals surface area contributed by atoms with Crippen molar-refractivity contribution >= 4 is 54.7 Å². The minimum Gasteiger partial charge on any atom is -0.486 e. The van der Waals surface area contributed by atoms with E-state index in [1.165, 1.54) is 17.7 Å². The van der Waals surface area contributed by atoms with Crippen LogP contribution in [0.2, 0.25) is 5.02 Å². The van der Waals surface area contributed by atoms with E-state index in [2.05, 4.69) is 20.3 Å². The van der Waals surface area contributed by atoms with Crippen LogP contribution >= 0.6 is 22.9 Å². The Morgan fingerprint density at radius 2 is 1.97 bits per heavy atom. The third-order valence-corrected chi connectivity index (χ3v) is 6.50. The monoisotopic (exact) mass is 478 g/mol. The molecule has 0 unspecified atom stereocenters. The van der Waals surface area contributed by atoms with Gasteiger partial charge in [0.25, 0.3) is 0 Å². The molecule has 7 nitrogen and oxygen atoms in total. The van der Waals surface area contributed by atoms with Crippen LogP contribution in [0, 0.1) is 0 Å². The lowest BCUT2D eigenvalue weighted by molar-refractivity contribution is 0.0957. The summed E-state index contributed by atoms with van der Waals surface area (Å²) in [7, 11) is 0. The lowest BCUT2D eigenvalue weighted by atomic mass is 10.1. The van der Waals surface area contributed by atoms with Gasteiger partial charge in [0.15, 0.2) is 0 Å². The van der Waals surface area contributed by atoms with Crippen molar-refractivity contribution in [2.45, 2.75) is 12.7 Å². The summed E-state index contributed by atoms with van der Waals surface area (Å²) in [5, 5.41) is 24.8. The molecular weight excluding hydrogens is 460 g/mol. The van der Waals surface area contributed by atoms with Gasteiger partial charge in [-0.25, -0.2) is 9.97 Å². The number of anilines is 2. The third-order valence-electron chi connectivity index (χ3n) is 5.15. The van der Waals surface area contributed by atoms with E-state index in [0.29, 0.717) is 28.8 Å². The highest BCUT2D eigenvalue weighted by molar-refractivity contribution is 7.25. The van der Waals surface area contributed by atoms with Gasteiger partial charge in [-0.15, -0.1) is 11.3 Å². The van der Waals surface area contributed by atoms with E-state index in [9.17, 15) is 10.2 Å². The molecule has 0 aliphatic rings. The van der Waals surface area contributed by atoms with Gasteiger partial charge in [0.2, 0.25) is 0 Å². The molecule has 5 rings (SSSR count). The Morgan fingerprint density at radius 3 is 2.76 bits per heavy atom. The summed E-state index contributed by atoms with van der Waals surface area (Å²) in [4.78, 5) is 13.9. The molecule has 9 heteroatoms.